The van der Waals surface area contributed by atoms with Crippen molar-refractivity contribution in [3.05, 3.63) is 40.4 Å². The lowest BCUT2D eigenvalue weighted by Crippen LogP contribution is -2.02. The number of thiazole rings is 1. The van der Waals surface area contributed by atoms with Crippen molar-refractivity contribution in [1.82, 2.24) is 15.0 Å². The van der Waals surface area contributed by atoms with Crippen molar-refractivity contribution in [2.45, 2.75) is 13.0 Å². The fraction of sp³-hybridized carbons (Fsp3) is 0.222. The summed E-state index contributed by atoms with van der Waals surface area (Å²) in [5, 5.41) is 12.6. The van der Waals surface area contributed by atoms with Crippen LogP contribution in [0, 0.1) is 6.92 Å². The molecule has 2 rings (SSSR count). The molecule has 2 heterocycles. The molecule has 14 heavy (non-hydrogen) atoms. The topological polar surface area (TPSA) is 58.9 Å². The lowest BCUT2D eigenvalue weighted by atomic mass is 10.2. The number of hydrogen-bond donors (Lipinski definition) is 1. The van der Waals surface area contributed by atoms with Gasteiger partial charge in [0.15, 0.2) is 0 Å². The maximum Gasteiger partial charge on any atom is 0.139 e. The molecule has 0 bridgehead atoms. The number of aryl methyl sites for hydroxylation is 1. The van der Waals surface area contributed by atoms with Gasteiger partial charge in [0.2, 0.25) is 0 Å². The van der Waals surface area contributed by atoms with Gasteiger partial charge in [-0.3, -0.25) is 0 Å². The molecule has 0 saturated carbocycles. The molecule has 5 heteroatoms. The van der Waals surface area contributed by atoms with Crippen LogP contribution < -0.4 is 0 Å². The second kappa shape index (κ2) is 3.81. The number of hydrogen-bond acceptors (Lipinski definition) is 5. The molecule has 1 atom stereocenters. The van der Waals surface area contributed by atoms with Crippen LogP contribution in [0.2, 0.25) is 0 Å². The summed E-state index contributed by atoms with van der Waals surface area (Å²) in [5.74, 6) is 0. The minimum absolute atomic E-state index is 0.574. The van der Waals surface area contributed by atoms with Crippen molar-refractivity contribution in [2.24, 2.45) is 0 Å². The molecule has 0 radical (unpaired) electrons. The monoisotopic (exact) mass is 207 g/mol. The normalized spacial score (nSPS) is 12.7. The third kappa shape index (κ3) is 1.78. The Balaban J connectivity index is 2.29. The van der Waals surface area contributed by atoms with Gasteiger partial charge >= 0.3 is 0 Å². The van der Waals surface area contributed by atoms with Crippen LogP contribution in [-0.4, -0.2) is 20.1 Å². The van der Waals surface area contributed by atoms with Crippen molar-refractivity contribution in [3.8, 4) is 0 Å². The summed E-state index contributed by atoms with van der Waals surface area (Å²) in [7, 11) is 0. The van der Waals surface area contributed by atoms with E-state index in [0.29, 0.717) is 11.4 Å². The summed E-state index contributed by atoms with van der Waals surface area (Å²) < 4.78 is 0. The maximum atomic E-state index is 9.86. The Labute approximate surface area is 85.3 Å². The third-order valence-electron chi connectivity index (χ3n) is 1.80. The van der Waals surface area contributed by atoms with E-state index < -0.39 is 6.10 Å². The molecule has 0 aromatic carbocycles. The average Bonchev–Trinajstić information content (AvgIpc) is 2.65. The zero-order chi connectivity index (χ0) is 9.97. The van der Waals surface area contributed by atoms with Crippen LogP contribution in [0.3, 0.4) is 0 Å². The predicted molar refractivity (Wildman–Crippen MR) is 52.9 cm³/mol. The molecule has 2 aromatic heterocycles. The quantitative estimate of drug-likeness (QED) is 0.807. The second-order valence-corrected chi connectivity index (χ2v) is 3.89. The number of aliphatic hydroxyl groups excluding tert-OH is 1. The lowest BCUT2D eigenvalue weighted by molar-refractivity contribution is 0.211. The Bertz CT molecular complexity index is 415. The number of aromatic nitrogens is 3. The average molecular weight is 207 g/mol. The van der Waals surface area contributed by atoms with Gasteiger partial charge in [-0.25, -0.2) is 15.0 Å². The maximum absolute atomic E-state index is 9.86. The van der Waals surface area contributed by atoms with E-state index in [1.165, 1.54) is 17.7 Å². The molecule has 0 spiro atoms. The third-order valence-corrected chi connectivity index (χ3v) is 2.59. The zero-order valence-electron chi connectivity index (χ0n) is 7.58. The highest BCUT2D eigenvalue weighted by molar-refractivity contribution is 7.09. The summed E-state index contributed by atoms with van der Waals surface area (Å²) in [6.45, 7) is 1.90. The Morgan fingerprint density at radius 2 is 2.29 bits per heavy atom. The summed E-state index contributed by atoms with van der Waals surface area (Å²) in [5.41, 5.74) is 1.22. The first-order valence-electron chi connectivity index (χ1n) is 4.13. The van der Waals surface area contributed by atoms with Crippen molar-refractivity contribution in [2.75, 3.05) is 0 Å². The van der Waals surface area contributed by atoms with Gasteiger partial charge in [-0.15, -0.1) is 11.3 Å². The largest absolute Gasteiger partial charge is 0.380 e. The molecule has 0 amide bonds. The van der Waals surface area contributed by atoms with E-state index in [4.69, 9.17) is 0 Å². The van der Waals surface area contributed by atoms with Crippen LogP contribution in [0.1, 0.15) is 22.5 Å². The summed E-state index contributed by atoms with van der Waals surface area (Å²) in [6, 6.07) is 1.68. The van der Waals surface area contributed by atoms with Gasteiger partial charge in [-0.05, 0) is 13.0 Å². The lowest BCUT2D eigenvalue weighted by Gasteiger charge is -2.05. The molecule has 0 fully saturated rings. The van der Waals surface area contributed by atoms with Crippen molar-refractivity contribution in [1.29, 1.82) is 0 Å². The smallest absolute Gasteiger partial charge is 0.139 e. The van der Waals surface area contributed by atoms with Crippen LogP contribution in [0.15, 0.2) is 24.0 Å². The van der Waals surface area contributed by atoms with E-state index in [2.05, 4.69) is 15.0 Å². The molecular weight excluding hydrogens is 198 g/mol. The molecule has 1 unspecified atom stereocenters. The van der Waals surface area contributed by atoms with Gasteiger partial charge in [0.25, 0.3) is 0 Å². The minimum Gasteiger partial charge on any atom is -0.380 e. The first-order chi connectivity index (χ1) is 6.77. The Kier molecular flexibility index (Phi) is 2.51. The van der Waals surface area contributed by atoms with Crippen molar-refractivity contribution >= 4 is 11.3 Å². The first kappa shape index (κ1) is 9.23. The molecule has 2 aromatic rings. The van der Waals surface area contributed by atoms with Crippen LogP contribution >= 0.6 is 11.3 Å². The van der Waals surface area contributed by atoms with Crippen LogP contribution in [0.25, 0.3) is 0 Å². The Hall–Kier alpha value is -1.33. The molecular formula is C9H9N3OS. The Morgan fingerprint density at radius 3 is 2.86 bits per heavy atom. The highest BCUT2D eigenvalue weighted by atomic mass is 32.1. The number of rotatable bonds is 2. The van der Waals surface area contributed by atoms with Gasteiger partial charge < -0.3 is 5.11 Å². The number of nitrogens with zero attached hydrogens (tertiary/aromatic N) is 3. The van der Waals surface area contributed by atoms with Gasteiger partial charge in [0, 0.05) is 11.6 Å². The molecule has 0 aliphatic carbocycles. The van der Waals surface area contributed by atoms with Crippen LogP contribution in [0.4, 0.5) is 0 Å². The van der Waals surface area contributed by atoms with Gasteiger partial charge in [-0.2, -0.15) is 0 Å². The summed E-state index contributed by atoms with van der Waals surface area (Å²) >= 11 is 1.51. The standard InChI is InChI=1S/C9H9N3OS/c1-6-12-8(4-14-6)9(13)7-2-3-10-5-11-7/h2-5,9,13H,1H3. The minimum atomic E-state index is -0.747. The molecule has 4 nitrogen and oxygen atoms in total. The second-order valence-electron chi connectivity index (χ2n) is 2.83. The van der Waals surface area contributed by atoms with E-state index in [0.717, 1.165) is 5.01 Å². The summed E-state index contributed by atoms with van der Waals surface area (Å²) in [6.07, 6.45) is 2.27. The molecule has 0 aliphatic rings. The van der Waals surface area contributed by atoms with Gasteiger partial charge in [0.05, 0.1) is 16.4 Å². The van der Waals surface area contributed by atoms with Crippen LogP contribution in [-0.2, 0) is 0 Å². The van der Waals surface area contributed by atoms with E-state index in [1.807, 2.05) is 12.3 Å². The summed E-state index contributed by atoms with van der Waals surface area (Å²) in [4.78, 5) is 11.9. The zero-order valence-corrected chi connectivity index (χ0v) is 8.40. The van der Waals surface area contributed by atoms with Gasteiger partial charge in [0.1, 0.15) is 12.4 Å². The van der Waals surface area contributed by atoms with Crippen molar-refractivity contribution < 1.29 is 5.11 Å². The predicted octanol–water partition coefficient (Wildman–Crippen LogP) is 1.32. The fourth-order valence-electron chi connectivity index (χ4n) is 1.12. The molecule has 72 valence electrons. The SMILES string of the molecule is Cc1nc(C(O)c2ccncn2)cs1. The van der Waals surface area contributed by atoms with E-state index >= 15 is 0 Å². The number of aliphatic hydroxyl groups is 1. The van der Waals surface area contributed by atoms with E-state index in [-0.39, 0.29) is 0 Å². The first-order valence-corrected chi connectivity index (χ1v) is 5.01. The van der Waals surface area contributed by atoms with Crippen LogP contribution in [0.5, 0.6) is 0 Å². The molecule has 0 saturated heterocycles. The van der Waals surface area contributed by atoms with E-state index in [1.54, 1.807) is 12.3 Å². The molecule has 1 N–H and O–H groups in total. The Morgan fingerprint density at radius 1 is 1.43 bits per heavy atom. The highest BCUT2D eigenvalue weighted by Crippen LogP contribution is 2.20. The van der Waals surface area contributed by atoms with Crippen molar-refractivity contribution in [3.63, 3.8) is 0 Å². The van der Waals surface area contributed by atoms with E-state index in [9.17, 15) is 5.11 Å². The highest BCUT2D eigenvalue weighted by Gasteiger charge is 2.13. The molecule has 0 aliphatic heterocycles. The fourth-order valence-corrected chi connectivity index (χ4v) is 1.75. The van der Waals surface area contributed by atoms with Gasteiger partial charge in [-0.1, -0.05) is 0 Å².